The first-order chi connectivity index (χ1) is 20.4. The summed E-state index contributed by atoms with van der Waals surface area (Å²) in [5.41, 5.74) is 1.88. The smallest absolute Gasteiger partial charge is 0.417 e. The van der Waals surface area contributed by atoms with E-state index in [1.54, 1.807) is 48.5 Å². The van der Waals surface area contributed by atoms with E-state index in [1.807, 2.05) is 0 Å². The topological polar surface area (TPSA) is 104 Å². The number of fused-ring (bicyclic) bond motifs is 1. The number of hydrogen-bond donors (Lipinski definition) is 2. The predicted octanol–water partition coefficient (Wildman–Crippen LogP) is 5.48. The van der Waals surface area contributed by atoms with Gasteiger partial charge in [-0.15, -0.1) is 0 Å². The summed E-state index contributed by atoms with van der Waals surface area (Å²) in [6, 6.07) is 22.9. The van der Waals surface area contributed by atoms with E-state index >= 15 is 0 Å². The van der Waals surface area contributed by atoms with Crippen LogP contribution < -0.4 is 9.62 Å². The third-order valence-corrected chi connectivity index (χ3v) is 9.11. The quantitative estimate of drug-likeness (QED) is 0.262. The molecule has 0 radical (unpaired) electrons. The van der Waals surface area contributed by atoms with Gasteiger partial charge >= 0.3 is 12.1 Å². The largest absolute Gasteiger partial charge is 0.481 e. The van der Waals surface area contributed by atoms with Gasteiger partial charge in [0.05, 0.1) is 22.6 Å². The summed E-state index contributed by atoms with van der Waals surface area (Å²) >= 11 is 0. The first kappa shape index (κ1) is 29.8. The standard InChI is InChI=1S/C32H27F3N2O5S/c33-32(34,35)27-7-3-2-6-26(27)23-13-15-25(16-14-23)43(41,42)37-28-8-4-1-5-24(28)20-29(37)31(40)36-18-17-21-9-11-22(12-10-21)19-30(38)39/h1-16,29H,17-20H2,(H,36,40)(H,38,39)/t29-/m0/s1. The summed E-state index contributed by atoms with van der Waals surface area (Å²) in [6.07, 6.45) is -4.06. The van der Waals surface area contributed by atoms with Crippen LogP contribution in [0.25, 0.3) is 11.1 Å². The molecule has 0 aromatic heterocycles. The molecule has 222 valence electrons. The van der Waals surface area contributed by atoms with Crippen molar-refractivity contribution in [3.05, 3.63) is 119 Å². The Bertz CT molecular complexity index is 1760. The number of anilines is 1. The van der Waals surface area contributed by atoms with E-state index in [1.165, 1.54) is 42.5 Å². The van der Waals surface area contributed by atoms with Crippen LogP contribution in [0.2, 0.25) is 0 Å². The fourth-order valence-corrected chi connectivity index (χ4v) is 6.85. The lowest BCUT2D eigenvalue weighted by atomic mass is 9.99. The van der Waals surface area contributed by atoms with Crippen LogP contribution in [-0.2, 0) is 45.1 Å². The minimum Gasteiger partial charge on any atom is -0.481 e. The van der Waals surface area contributed by atoms with Crippen LogP contribution >= 0.6 is 0 Å². The average molecular weight is 609 g/mol. The van der Waals surface area contributed by atoms with Crippen molar-refractivity contribution in [1.29, 1.82) is 0 Å². The Kier molecular flexibility index (Phi) is 8.27. The van der Waals surface area contributed by atoms with Gasteiger partial charge in [-0.2, -0.15) is 13.2 Å². The average Bonchev–Trinajstić information content (AvgIpc) is 3.38. The van der Waals surface area contributed by atoms with Gasteiger partial charge in [-0.3, -0.25) is 13.9 Å². The highest BCUT2D eigenvalue weighted by Gasteiger charge is 2.42. The fourth-order valence-electron chi connectivity index (χ4n) is 5.20. The molecule has 4 aromatic carbocycles. The molecule has 11 heteroatoms. The number of sulfonamides is 1. The molecule has 7 nitrogen and oxygen atoms in total. The predicted molar refractivity (Wildman–Crippen MR) is 155 cm³/mol. The van der Waals surface area contributed by atoms with Crippen LogP contribution in [0.4, 0.5) is 18.9 Å². The third kappa shape index (κ3) is 6.41. The number of para-hydroxylation sites is 1. The highest BCUT2D eigenvalue weighted by atomic mass is 32.2. The zero-order chi connectivity index (χ0) is 30.8. The second-order valence-electron chi connectivity index (χ2n) is 10.1. The molecule has 4 aromatic rings. The molecule has 1 aliphatic rings. The van der Waals surface area contributed by atoms with Crippen molar-refractivity contribution in [2.24, 2.45) is 0 Å². The number of rotatable bonds is 9. The van der Waals surface area contributed by atoms with Gasteiger partial charge in [-0.05, 0) is 58.5 Å². The van der Waals surface area contributed by atoms with Crippen LogP contribution in [0, 0.1) is 0 Å². The molecule has 0 bridgehead atoms. The first-order valence-corrected chi connectivity index (χ1v) is 14.9. The van der Waals surface area contributed by atoms with Gasteiger partial charge in [-0.1, -0.05) is 72.8 Å². The van der Waals surface area contributed by atoms with E-state index in [0.717, 1.165) is 15.9 Å². The summed E-state index contributed by atoms with van der Waals surface area (Å²) in [6.45, 7) is 0.227. The normalized spacial score (nSPS) is 14.8. The second-order valence-corrected chi connectivity index (χ2v) is 12.0. The number of carbonyl (C=O) groups is 2. The van der Waals surface area contributed by atoms with Crippen LogP contribution in [0.5, 0.6) is 0 Å². The van der Waals surface area contributed by atoms with Gasteiger partial charge in [0.15, 0.2) is 0 Å². The Labute approximate surface area is 246 Å². The number of hydrogen-bond acceptors (Lipinski definition) is 4. The molecule has 0 saturated carbocycles. The van der Waals surface area contributed by atoms with Gasteiger partial charge in [0.2, 0.25) is 5.91 Å². The van der Waals surface area contributed by atoms with Gasteiger partial charge in [0.1, 0.15) is 6.04 Å². The maximum Gasteiger partial charge on any atom is 0.417 e. The Morgan fingerprint density at radius 2 is 1.49 bits per heavy atom. The Balaban J connectivity index is 1.35. The molecule has 0 spiro atoms. The molecule has 1 amide bonds. The van der Waals surface area contributed by atoms with Gasteiger partial charge in [0.25, 0.3) is 10.0 Å². The van der Waals surface area contributed by atoms with E-state index in [9.17, 15) is 31.2 Å². The molecule has 0 fully saturated rings. The number of amides is 1. The first-order valence-electron chi connectivity index (χ1n) is 13.4. The molecular formula is C32H27F3N2O5S. The zero-order valence-corrected chi connectivity index (χ0v) is 23.5. The van der Waals surface area contributed by atoms with Crippen molar-refractivity contribution in [1.82, 2.24) is 5.32 Å². The summed E-state index contributed by atoms with van der Waals surface area (Å²) in [4.78, 5) is 24.1. The van der Waals surface area contributed by atoms with Gasteiger partial charge in [0, 0.05) is 13.0 Å². The fraction of sp³-hybridized carbons (Fsp3) is 0.188. The number of nitrogens with one attached hydrogen (secondary N) is 1. The van der Waals surface area contributed by atoms with E-state index < -0.39 is 39.7 Å². The van der Waals surface area contributed by atoms with Crippen molar-refractivity contribution in [3.63, 3.8) is 0 Å². The molecule has 1 heterocycles. The van der Waals surface area contributed by atoms with Gasteiger partial charge in [-0.25, -0.2) is 8.42 Å². The number of aliphatic carboxylic acids is 1. The molecule has 0 unspecified atom stereocenters. The lowest BCUT2D eigenvalue weighted by Gasteiger charge is -2.26. The summed E-state index contributed by atoms with van der Waals surface area (Å²) in [7, 11) is -4.27. The maximum atomic E-state index is 13.9. The van der Waals surface area contributed by atoms with Crippen molar-refractivity contribution in [3.8, 4) is 11.1 Å². The number of carboxylic acids is 1. The maximum absolute atomic E-state index is 13.9. The lowest BCUT2D eigenvalue weighted by Crippen LogP contribution is -2.48. The number of benzene rings is 4. The van der Waals surface area contributed by atoms with Crippen LogP contribution in [-0.4, -0.2) is 38.0 Å². The lowest BCUT2D eigenvalue weighted by molar-refractivity contribution is -0.137. The molecule has 5 rings (SSSR count). The minimum absolute atomic E-state index is 0.0701. The zero-order valence-electron chi connectivity index (χ0n) is 22.7. The highest BCUT2D eigenvalue weighted by Crippen LogP contribution is 2.39. The number of halogens is 3. The summed E-state index contributed by atoms with van der Waals surface area (Å²) in [5, 5.41) is 11.7. The molecule has 0 saturated heterocycles. The number of nitrogens with zero attached hydrogens (tertiary/aromatic N) is 1. The van der Waals surface area contributed by atoms with Crippen LogP contribution in [0.3, 0.4) is 0 Å². The van der Waals surface area contributed by atoms with Gasteiger partial charge < -0.3 is 10.4 Å². The molecule has 43 heavy (non-hydrogen) atoms. The van der Waals surface area contributed by atoms with E-state index in [0.29, 0.717) is 23.2 Å². The molecule has 2 N–H and O–H groups in total. The van der Waals surface area contributed by atoms with E-state index in [4.69, 9.17) is 5.11 Å². The van der Waals surface area contributed by atoms with E-state index in [-0.39, 0.29) is 35.4 Å². The van der Waals surface area contributed by atoms with Crippen molar-refractivity contribution >= 4 is 27.6 Å². The summed E-state index contributed by atoms with van der Waals surface area (Å²) < 4.78 is 69.6. The monoisotopic (exact) mass is 608 g/mol. The number of carboxylic acid groups (broad SMARTS) is 1. The molecule has 0 aliphatic carbocycles. The summed E-state index contributed by atoms with van der Waals surface area (Å²) in [5.74, 6) is -1.42. The SMILES string of the molecule is O=C(O)Cc1ccc(CCNC(=O)[C@@H]2Cc3ccccc3N2S(=O)(=O)c2ccc(-c3ccccc3C(F)(F)F)cc2)cc1. The third-order valence-electron chi connectivity index (χ3n) is 7.27. The van der Waals surface area contributed by atoms with Crippen molar-refractivity contribution in [2.45, 2.75) is 36.4 Å². The Morgan fingerprint density at radius 1 is 0.860 bits per heavy atom. The van der Waals surface area contributed by atoms with Crippen molar-refractivity contribution in [2.75, 3.05) is 10.8 Å². The Morgan fingerprint density at radius 3 is 2.16 bits per heavy atom. The molecular weight excluding hydrogens is 581 g/mol. The van der Waals surface area contributed by atoms with Crippen LogP contribution in [0.1, 0.15) is 22.3 Å². The minimum atomic E-state index is -4.58. The number of carbonyl (C=O) groups excluding carboxylic acids is 1. The Hall–Kier alpha value is -4.64. The van der Waals surface area contributed by atoms with E-state index in [2.05, 4.69) is 5.32 Å². The molecule has 1 aliphatic heterocycles. The second kappa shape index (κ2) is 11.9. The highest BCUT2D eigenvalue weighted by molar-refractivity contribution is 7.93. The molecule has 1 atom stereocenters. The van der Waals surface area contributed by atoms with Crippen molar-refractivity contribution < 1.29 is 36.3 Å². The van der Waals surface area contributed by atoms with Crippen LogP contribution in [0.15, 0.2) is 102 Å². The number of alkyl halides is 3.